The summed E-state index contributed by atoms with van der Waals surface area (Å²) < 4.78 is 8.89. The van der Waals surface area contributed by atoms with E-state index < -0.39 is 37.2 Å². The van der Waals surface area contributed by atoms with Crippen molar-refractivity contribution in [3.8, 4) is 11.5 Å². The maximum Gasteiger partial charge on any atom is 0.332 e. The van der Waals surface area contributed by atoms with Gasteiger partial charge in [-0.3, -0.25) is 9.98 Å². The third-order valence-corrected chi connectivity index (χ3v) is 3.95. The van der Waals surface area contributed by atoms with E-state index in [0.717, 1.165) is 0 Å². The molecule has 10 nitrogen and oxygen atoms in total. The number of para-hydroxylation sites is 2. The predicted octanol–water partition coefficient (Wildman–Crippen LogP) is 0.687. The molecule has 0 bridgehead atoms. The van der Waals surface area contributed by atoms with Crippen LogP contribution in [0.5, 0.6) is 11.5 Å². The van der Waals surface area contributed by atoms with Crippen LogP contribution in [0.2, 0.25) is 0 Å². The molecule has 2 unspecified atom stereocenters. The first-order valence-electron chi connectivity index (χ1n) is 9.37. The summed E-state index contributed by atoms with van der Waals surface area (Å²) in [6.45, 7) is -0.868. The van der Waals surface area contributed by atoms with Crippen molar-refractivity contribution in [2.75, 3.05) is 27.4 Å². The summed E-state index contributed by atoms with van der Waals surface area (Å²) >= 11 is 0. The molecule has 4 N–H and O–H groups in total. The number of esters is 2. The van der Waals surface area contributed by atoms with E-state index in [4.69, 9.17) is 10.2 Å². The average Bonchev–Trinajstić information content (AvgIpc) is 2.82. The first-order chi connectivity index (χ1) is 15.4. The molecule has 33 heavy (non-hydrogen) atoms. The Morgan fingerprint density at radius 2 is 1.12 bits per heavy atom. The van der Waals surface area contributed by atoms with Gasteiger partial charge in [-0.2, -0.15) is 0 Å². The van der Waals surface area contributed by atoms with Gasteiger partial charge >= 0.3 is 11.9 Å². The number of nitrogens with zero attached hydrogens (tertiary/aromatic N) is 2. The minimum Gasteiger partial charge on any atom is -0.507 e. The molecule has 0 heterocycles. The zero-order chi connectivity index (χ0) is 23.9. The fourth-order valence-corrected chi connectivity index (χ4v) is 2.17. The number of phenolic OH excluding ortho intramolecular Hbond substituents is 2. The molecule has 0 aliphatic heterocycles. The van der Waals surface area contributed by atoms with Gasteiger partial charge in [0.1, 0.15) is 11.5 Å². The number of ether oxygens (including phenoxy) is 2. The fourth-order valence-electron chi connectivity index (χ4n) is 2.17. The molecule has 1 radical (unpaired) electrons. The van der Waals surface area contributed by atoms with Gasteiger partial charge < -0.3 is 29.9 Å². The molecule has 0 fully saturated rings. The van der Waals surface area contributed by atoms with Gasteiger partial charge in [-0.05, 0) is 24.3 Å². The van der Waals surface area contributed by atoms with Gasteiger partial charge in [-0.1, -0.05) is 24.3 Å². The van der Waals surface area contributed by atoms with Gasteiger partial charge in [-0.15, -0.1) is 0 Å². The number of carbonyl (C=O) groups is 2. The van der Waals surface area contributed by atoms with Crippen LogP contribution in [0, 0.1) is 0 Å². The molecule has 0 aliphatic rings. The van der Waals surface area contributed by atoms with Crippen LogP contribution in [0.15, 0.2) is 58.5 Å². The monoisotopic (exact) mass is 501 g/mol. The Kier molecular flexibility index (Phi) is 14.8. The van der Waals surface area contributed by atoms with Crippen LogP contribution in [-0.4, -0.2) is 84.3 Å². The number of rotatable bonds is 8. The molecule has 11 heteroatoms. The molecular weight excluding hydrogens is 475 g/mol. The fraction of sp³-hybridized carbons (Fsp3) is 0.273. The Bertz CT molecular complexity index is 861. The van der Waals surface area contributed by atoms with E-state index in [1.807, 2.05) is 0 Å². The third-order valence-electron chi connectivity index (χ3n) is 3.95. The summed E-state index contributed by atoms with van der Waals surface area (Å²) in [4.78, 5) is 29.9. The van der Waals surface area contributed by atoms with Gasteiger partial charge in [0.15, 0.2) is 12.1 Å². The van der Waals surface area contributed by atoms with Crippen molar-refractivity contribution < 1.29 is 56.6 Å². The smallest absolute Gasteiger partial charge is 0.332 e. The van der Waals surface area contributed by atoms with Crippen molar-refractivity contribution in [1.29, 1.82) is 0 Å². The number of methoxy groups -OCH3 is 2. The van der Waals surface area contributed by atoms with Gasteiger partial charge in [0.2, 0.25) is 0 Å². The van der Waals surface area contributed by atoms with E-state index >= 15 is 0 Å². The van der Waals surface area contributed by atoms with Crippen LogP contribution in [0.25, 0.3) is 0 Å². The van der Waals surface area contributed by atoms with Crippen LogP contribution in [0.1, 0.15) is 11.1 Å². The Balaban J connectivity index is 0.000000602. The normalized spacial score (nSPS) is 12.2. The number of carbonyl (C=O) groups excluding carboxylic acids is 2. The molecule has 0 aliphatic carbocycles. The third kappa shape index (κ3) is 10.3. The van der Waals surface area contributed by atoms with Gasteiger partial charge in [0.25, 0.3) is 0 Å². The molecule has 179 valence electrons. The van der Waals surface area contributed by atoms with Crippen LogP contribution >= 0.6 is 0 Å². The Morgan fingerprint density at radius 1 is 0.788 bits per heavy atom. The summed E-state index contributed by atoms with van der Waals surface area (Å²) in [5.41, 5.74) is 0.953. The topological polar surface area (TPSA) is 158 Å². The SMILES string of the molecule is COC(=O)C(CO)N=Cc1ccccc1O.COC(=O)C(CO)N=Cc1ccccc1O.[Mn]. The quantitative estimate of drug-likeness (QED) is 0.234. The molecule has 2 aromatic rings. The Hall–Kier alpha value is -3.24. The molecule has 0 spiro atoms. The van der Waals surface area contributed by atoms with E-state index in [0.29, 0.717) is 11.1 Å². The van der Waals surface area contributed by atoms with Gasteiger partial charge in [0.05, 0.1) is 27.4 Å². The Labute approximate surface area is 201 Å². The van der Waals surface area contributed by atoms with E-state index in [1.165, 1.54) is 38.8 Å². The molecular formula is C22H26MnN2O8. The molecule has 0 amide bonds. The van der Waals surface area contributed by atoms with Gasteiger partial charge in [-0.25, -0.2) is 9.59 Å². The van der Waals surface area contributed by atoms with E-state index in [2.05, 4.69) is 19.5 Å². The van der Waals surface area contributed by atoms with Crippen molar-refractivity contribution in [1.82, 2.24) is 0 Å². The van der Waals surface area contributed by atoms with Crippen molar-refractivity contribution in [3.63, 3.8) is 0 Å². The second-order valence-electron chi connectivity index (χ2n) is 6.12. The maximum atomic E-state index is 11.1. The van der Waals surface area contributed by atoms with Crippen LogP contribution in [0.4, 0.5) is 0 Å². The summed E-state index contributed by atoms with van der Waals surface area (Å²) in [5, 5.41) is 36.6. The molecule has 0 saturated heterocycles. The number of hydrogen-bond donors (Lipinski definition) is 4. The van der Waals surface area contributed by atoms with E-state index in [-0.39, 0.29) is 28.6 Å². The number of aliphatic hydroxyl groups is 2. The number of aliphatic imine (C=N–C) groups is 2. The molecule has 2 rings (SSSR count). The first kappa shape index (κ1) is 29.8. The summed E-state index contributed by atoms with van der Waals surface area (Å²) in [7, 11) is 2.45. The second kappa shape index (κ2) is 16.4. The standard InChI is InChI=1S/2C11H13NO4.Mn/c2*1-16-11(15)9(7-13)12-6-8-4-2-3-5-10(8)14;/h2*2-6,9,13-14H,7H2,1H3;. The number of phenols is 2. The van der Waals surface area contributed by atoms with Crippen molar-refractivity contribution >= 4 is 24.4 Å². The zero-order valence-electron chi connectivity index (χ0n) is 18.0. The summed E-state index contributed by atoms with van der Waals surface area (Å²) in [6.07, 6.45) is 2.65. The molecule has 0 aromatic heterocycles. The predicted molar refractivity (Wildman–Crippen MR) is 117 cm³/mol. The zero-order valence-corrected chi connectivity index (χ0v) is 19.2. The largest absolute Gasteiger partial charge is 0.507 e. The minimum absolute atomic E-state index is 0. The molecule has 2 atom stereocenters. The van der Waals surface area contributed by atoms with Crippen molar-refractivity contribution in [2.45, 2.75) is 12.1 Å². The van der Waals surface area contributed by atoms with E-state index in [9.17, 15) is 19.8 Å². The summed E-state index contributed by atoms with van der Waals surface area (Å²) in [5.74, 6) is -1.11. The minimum atomic E-state index is -0.954. The second-order valence-corrected chi connectivity index (χ2v) is 6.12. The molecule has 0 saturated carbocycles. The average molecular weight is 501 g/mol. The number of aromatic hydroxyl groups is 2. The van der Waals surface area contributed by atoms with Crippen molar-refractivity contribution in [2.24, 2.45) is 9.98 Å². The number of aliphatic hydroxyl groups excluding tert-OH is 2. The Morgan fingerprint density at radius 3 is 1.39 bits per heavy atom. The number of hydrogen-bond acceptors (Lipinski definition) is 10. The van der Waals surface area contributed by atoms with E-state index in [1.54, 1.807) is 36.4 Å². The molecule has 2 aromatic carbocycles. The van der Waals surface area contributed by atoms with Crippen molar-refractivity contribution in [3.05, 3.63) is 59.7 Å². The van der Waals surface area contributed by atoms with Crippen LogP contribution in [0.3, 0.4) is 0 Å². The maximum absolute atomic E-state index is 11.1. The summed E-state index contributed by atoms with van der Waals surface area (Å²) in [6, 6.07) is 11.2. The number of benzene rings is 2. The van der Waals surface area contributed by atoms with Gasteiger partial charge in [0, 0.05) is 40.6 Å². The van der Waals surface area contributed by atoms with Crippen LogP contribution < -0.4 is 0 Å². The first-order valence-corrected chi connectivity index (χ1v) is 9.37. The van der Waals surface area contributed by atoms with Crippen LogP contribution in [-0.2, 0) is 36.1 Å².